The molecule has 21 heavy (non-hydrogen) atoms. The third-order valence-corrected chi connectivity index (χ3v) is 3.75. The lowest BCUT2D eigenvalue weighted by molar-refractivity contribution is 0.409. The maximum atomic E-state index is 7.73. The molecule has 0 bridgehead atoms. The molecular formula is C16H18BrN3O. The van der Waals surface area contributed by atoms with Crippen LogP contribution in [0.1, 0.15) is 11.1 Å². The molecule has 5 heteroatoms. The van der Waals surface area contributed by atoms with Crippen LogP contribution in [0.3, 0.4) is 0 Å². The maximum absolute atomic E-state index is 7.73. The molecular weight excluding hydrogens is 330 g/mol. The van der Waals surface area contributed by atoms with Crippen molar-refractivity contribution in [3.05, 3.63) is 58.1 Å². The monoisotopic (exact) mass is 347 g/mol. The van der Waals surface area contributed by atoms with Gasteiger partial charge in [-0.1, -0.05) is 34.1 Å². The van der Waals surface area contributed by atoms with E-state index in [4.69, 9.17) is 15.9 Å². The number of benzene rings is 2. The second kappa shape index (κ2) is 6.63. The molecule has 0 aliphatic heterocycles. The van der Waals surface area contributed by atoms with Gasteiger partial charge in [-0.15, -0.1) is 0 Å². The molecule has 2 rings (SSSR count). The molecule has 3 N–H and O–H groups in total. The molecule has 0 aromatic heterocycles. The van der Waals surface area contributed by atoms with Gasteiger partial charge in [0.15, 0.2) is 0 Å². The second-order valence-corrected chi connectivity index (χ2v) is 5.66. The van der Waals surface area contributed by atoms with Gasteiger partial charge >= 0.3 is 0 Å². The van der Waals surface area contributed by atoms with Crippen LogP contribution >= 0.6 is 15.9 Å². The maximum Gasteiger partial charge on any atom is 0.124 e. The number of hydrogen-bond acceptors (Lipinski definition) is 3. The van der Waals surface area contributed by atoms with Crippen molar-refractivity contribution in [1.29, 1.82) is 5.41 Å². The summed E-state index contributed by atoms with van der Waals surface area (Å²) in [5.74, 6) is 0.906. The van der Waals surface area contributed by atoms with E-state index >= 15 is 0 Å². The topological polar surface area (TPSA) is 62.3 Å². The van der Waals surface area contributed by atoms with Crippen molar-refractivity contribution in [3.63, 3.8) is 0 Å². The summed E-state index contributed by atoms with van der Waals surface area (Å²) in [6, 6.07) is 13.7. The quantitative estimate of drug-likeness (QED) is 0.643. The molecule has 0 saturated heterocycles. The number of nitrogens with zero attached hydrogens (tertiary/aromatic N) is 1. The normalized spacial score (nSPS) is 10.2. The number of halogens is 1. The lowest BCUT2D eigenvalue weighted by atomic mass is 10.1. The Balaban J connectivity index is 2.32. The fourth-order valence-corrected chi connectivity index (χ4v) is 2.59. The first kappa shape index (κ1) is 15.4. The van der Waals surface area contributed by atoms with Gasteiger partial charge in [-0.05, 0) is 24.3 Å². The minimum absolute atomic E-state index is 0.0539. The van der Waals surface area contributed by atoms with Crippen LogP contribution in [0.25, 0.3) is 0 Å². The highest BCUT2D eigenvalue weighted by Gasteiger charge is 2.12. The molecule has 0 saturated carbocycles. The van der Waals surface area contributed by atoms with Gasteiger partial charge in [-0.2, -0.15) is 0 Å². The molecule has 110 valence electrons. The number of nitrogen functional groups attached to an aromatic ring is 1. The lowest BCUT2D eigenvalue weighted by Gasteiger charge is -2.23. The van der Waals surface area contributed by atoms with E-state index in [1.807, 2.05) is 49.5 Å². The Hall–Kier alpha value is -2.01. The largest absolute Gasteiger partial charge is 0.496 e. The van der Waals surface area contributed by atoms with E-state index < -0.39 is 0 Å². The molecule has 0 amide bonds. The van der Waals surface area contributed by atoms with Gasteiger partial charge in [0.1, 0.15) is 11.6 Å². The van der Waals surface area contributed by atoms with E-state index in [2.05, 4.69) is 20.8 Å². The molecule has 0 atom stereocenters. The van der Waals surface area contributed by atoms with Crippen LogP contribution in [-0.4, -0.2) is 20.0 Å². The van der Waals surface area contributed by atoms with Crippen LogP contribution in [-0.2, 0) is 6.54 Å². The highest BCUT2D eigenvalue weighted by atomic mass is 79.9. The smallest absolute Gasteiger partial charge is 0.124 e. The first-order chi connectivity index (χ1) is 10.0. The van der Waals surface area contributed by atoms with Crippen molar-refractivity contribution >= 4 is 27.5 Å². The first-order valence-corrected chi connectivity index (χ1v) is 7.29. The summed E-state index contributed by atoms with van der Waals surface area (Å²) in [4.78, 5) is 2.06. The zero-order valence-electron chi connectivity index (χ0n) is 12.1. The summed E-state index contributed by atoms with van der Waals surface area (Å²) < 4.78 is 6.28. The minimum atomic E-state index is 0.0539. The Morgan fingerprint density at radius 2 is 2.00 bits per heavy atom. The predicted molar refractivity (Wildman–Crippen MR) is 90.3 cm³/mol. The van der Waals surface area contributed by atoms with Gasteiger partial charge in [-0.3, -0.25) is 5.41 Å². The van der Waals surface area contributed by atoms with Crippen molar-refractivity contribution in [2.75, 3.05) is 19.1 Å². The van der Waals surface area contributed by atoms with E-state index in [9.17, 15) is 0 Å². The highest BCUT2D eigenvalue weighted by molar-refractivity contribution is 9.10. The predicted octanol–water partition coefficient (Wildman–Crippen LogP) is 3.38. The molecule has 0 heterocycles. The summed E-state index contributed by atoms with van der Waals surface area (Å²) in [7, 11) is 3.64. The SMILES string of the molecule is COc1ccccc1CN(C)c1ccc(Br)cc1C(=N)N. The number of rotatable bonds is 5. The first-order valence-electron chi connectivity index (χ1n) is 6.50. The summed E-state index contributed by atoms with van der Waals surface area (Å²) in [6.07, 6.45) is 0. The molecule has 0 unspecified atom stereocenters. The van der Waals surface area contributed by atoms with E-state index in [1.54, 1.807) is 7.11 Å². The molecule has 2 aromatic rings. The summed E-state index contributed by atoms with van der Waals surface area (Å²) in [6.45, 7) is 0.673. The zero-order chi connectivity index (χ0) is 15.4. The average Bonchev–Trinajstić information content (AvgIpc) is 2.47. The van der Waals surface area contributed by atoms with E-state index in [0.717, 1.165) is 21.5 Å². The van der Waals surface area contributed by atoms with Crippen LogP contribution in [0.4, 0.5) is 5.69 Å². The fraction of sp³-hybridized carbons (Fsp3) is 0.188. The number of anilines is 1. The van der Waals surface area contributed by atoms with Gasteiger partial charge in [0.25, 0.3) is 0 Å². The van der Waals surface area contributed by atoms with Crippen LogP contribution in [0.2, 0.25) is 0 Å². The summed E-state index contributed by atoms with van der Waals surface area (Å²) in [5.41, 5.74) is 8.39. The van der Waals surface area contributed by atoms with E-state index in [1.165, 1.54) is 0 Å². The summed E-state index contributed by atoms with van der Waals surface area (Å²) >= 11 is 3.41. The fourth-order valence-electron chi connectivity index (χ4n) is 2.23. The molecule has 2 aromatic carbocycles. The number of ether oxygens (including phenoxy) is 1. The van der Waals surface area contributed by atoms with Crippen LogP contribution in [0.15, 0.2) is 46.9 Å². The van der Waals surface area contributed by atoms with E-state index in [-0.39, 0.29) is 5.84 Å². The minimum Gasteiger partial charge on any atom is -0.496 e. The van der Waals surface area contributed by atoms with Crippen molar-refractivity contribution in [2.24, 2.45) is 5.73 Å². The Morgan fingerprint density at radius 1 is 1.29 bits per heavy atom. The Bertz CT molecular complexity index is 658. The van der Waals surface area contributed by atoms with Gasteiger partial charge in [-0.25, -0.2) is 0 Å². The third-order valence-electron chi connectivity index (χ3n) is 3.26. The van der Waals surface area contributed by atoms with Gasteiger partial charge in [0.05, 0.1) is 7.11 Å². The van der Waals surface area contributed by atoms with Crippen LogP contribution < -0.4 is 15.4 Å². The number of methoxy groups -OCH3 is 1. The Labute approximate surface area is 133 Å². The zero-order valence-corrected chi connectivity index (χ0v) is 13.6. The molecule has 0 spiro atoms. The number of nitrogens with two attached hydrogens (primary N) is 1. The molecule has 0 aliphatic carbocycles. The highest BCUT2D eigenvalue weighted by Crippen LogP contribution is 2.27. The lowest BCUT2D eigenvalue weighted by Crippen LogP contribution is -2.22. The van der Waals surface area contributed by atoms with Crippen LogP contribution in [0.5, 0.6) is 5.75 Å². The summed E-state index contributed by atoms with van der Waals surface area (Å²) in [5, 5.41) is 7.73. The number of nitrogens with one attached hydrogen (secondary N) is 1. The van der Waals surface area contributed by atoms with Crippen molar-refractivity contribution < 1.29 is 4.74 Å². The third kappa shape index (κ3) is 3.55. The molecule has 0 fully saturated rings. The Kier molecular flexibility index (Phi) is 4.85. The van der Waals surface area contributed by atoms with Gasteiger partial charge in [0.2, 0.25) is 0 Å². The Morgan fingerprint density at radius 3 is 2.67 bits per heavy atom. The van der Waals surface area contributed by atoms with Gasteiger partial charge in [0, 0.05) is 34.9 Å². The molecule has 4 nitrogen and oxygen atoms in total. The van der Waals surface area contributed by atoms with Crippen molar-refractivity contribution in [3.8, 4) is 5.75 Å². The number of hydrogen-bond donors (Lipinski definition) is 2. The van der Waals surface area contributed by atoms with Crippen molar-refractivity contribution in [1.82, 2.24) is 0 Å². The van der Waals surface area contributed by atoms with Crippen molar-refractivity contribution in [2.45, 2.75) is 6.54 Å². The van der Waals surface area contributed by atoms with Crippen LogP contribution in [0, 0.1) is 5.41 Å². The standard InChI is InChI=1S/C16H18BrN3O/c1-20(10-11-5-3-4-6-15(11)21-2)14-8-7-12(17)9-13(14)16(18)19/h3-9H,10H2,1-2H3,(H3,18,19). The number of amidine groups is 1. The molecule has 0 radical (unpaired) electrons. The van der Waals surface area contributed by atoms with Gasteiger partial charge < -0.3 is 15.4 Å². The average molecular weight is 348 g/mol. The number of para-hydroxylation sites is 1. The molecule has 0 aliphatic rings. The van der Waals surface area contributed by atoms with E-state index in [0.29, 0.717) is 12.1 Å². The second-order valence-electron chi connectivity index (χ2n) is 4.74.